The summed E-state index contributed by atoms with van der Waals surface area (Å²) in [6.07, 6.45) is 3.50. The number of carbonyl (C=O) groups is 1. The Hall–Kier alpha value is -2.18. The van der Waals surface area contributed by atoms with Crippen LogP contribution in [0.25, 0.3) is 11.0 Å². The summed E-state index contributed by atoms with van der Waals surface area (Å²) in [5.41, 5.74) is -0.494. The number of nitrogens with zero attached hydrogens (tertiary/aromatic N) is 3. The van der Waals surface area contributed by atoms with Gasteiger partial charge in [0.1, 0.15) is 11.2 Å². The number of aromatic nitrogens is 4. The normalized spacial score (nSPS) is 11.1. The first-order valence-electron chi connectivity index (χ1n) is 6.15. The fraction of sp³-hybridized carbons (Fsp3) is 0.500. The molecule has 0 spiro atoms. The fourth-order valence-electron chi connectivity index (χ4n) is 2.02. The Morgan fingerprint density at radius 3 is 2.79 bits per heavy atom. The van der Waals surface area contributed by atoms with Crippen LogP contribution in [0.2, 0.25) is 0 Å². The number of Topliss-reactive ketones (excluding diaryl/α,β-unsaturated/α-hetero) is 1. The lowest BCUT2D eigenvalue weighted by Gasteiger charge is -2.04. The number of nitrogens with one attached hydrogen (secondary N) is 1. The Morgan fingerprint density at radius 2 is 2.11 bits per heavy atom. The van der Waals surface area contributed by atoms with E-state index in [1.165, 1.54) is 9.25 Å². The van der Waals surface area contributed by atoms with E-state index in [0.717, 1.165) is 6.42 Å². The Balaban J connectivity index is 2.29. The Bertz CT molecular complexity index is 723. The van der Waals surface area contributed by atoms with Gasteiger partial charge in [-0.2, -0.15) is 5.10 Å². The number of fused-ring (bicyclic) bond motifs is 1. The number of aryl methyl sites for hydroxylation is 2. The molecule has 2 heterocycles. The van der Waals surface area contributed by atoms with Crippen molar-refractivity contribution < 1.29 is 4.79 Å². The maximum Gasteiger partial charge on any atom is 0.330 e. The summed E-state index contributed by atoms with van der Waals surface area (Å²) < 4.78 is 2.95. The van der Waals surface area contributed by atoms with Crippen molar-refractivity contribution in [1.82, 2.24) is 19.3 Å². The van der Waals surface area contributed by atoms with Gasteiger partial charge in [-0.15, -0.1) is 0 Å². The zero-order valence-corrected chi connectivity index (χ0v) is 11.0. The zero-order valence-electron chi connectivity index (χ0n) is 11.0. The average molecular weight is 264 g/mol. The summed E-state index contributed by atoms with van der Waals surface area (Å²) in [5.74, 6) is 0.136. The molecule has 0 atom stereocenters. The van der Waals surface area contributed by atoms with Gasteiger partial charge in [0, 0.05) is 26.2 Å². The predicted molar refractivity (Wildman–Crippen MR) is 70.1 cm³/mol. The van der Waals surface area contributed by atoms with Crippen LogP contribution in [0.5, 0.6) is 0 Å². The fourth-order valence-corrected chi connectivity index (χ4v) is 2.02. The second-order valence-corrected chi connectivity index (χ2v) is 4.61. The quantitative estimate of drug-likeness (QED) is 0.780. The molecule has 19 heavy (non-hydrogen) atoms. The third-order valence-electron chi connectivity index (χ3n) is 2.94. The minimum atomic E-state index is -0.459. The first kappa shape index (κ1) is 13.3. The SMILES string of the molecule is CC(=O)CCCCn1c(=O)[nH]c(=O)c2cn(C)nc21. The molecular formula is C12H16N4O3. The molecule has 7 nitrogen and oxygen atoms in total. The van der Waals surface area contributed by atoms with Gasteiger partial charge < -0.3 is 4.79 Å². The van der Waals surface area contributed by atoms with Gasteiger partial charge >= 0.3 is 5.69 Å². The summed E-state index contributed by atoms with van der Waals surface area (Å²) in [6, 6.07) is 0. The minimum Gasteiger partial charge on any atom is -0.300 e. The van der Waals surface area contributed by atoms with Crippen LogP contribution in [0.15, 0.2) is 15.8 Å². The summed E-state index contributed by atoms with van der Waals surface area (Å²) in [5, 5.41) is 4.54. The number of hydrogen-bond acceptors (Lipinski definition) is 4. The Kier molecular flexibility index (Phi) is 3.64. The van der Waals surface area contributed by atoms with Crippen LogP contribution in [0.1, 0.15) is 26.2 Å². The molecule has 1 N–H and O–H groups in total. The van der Waals surface area contributed by atoms with E-state index in [1.807, 2.05) is 0 Å². The minimum absolute atomic E-state index is 0.136. The highest BCUT2D eigenvalue weighted by molar-refractivity contribution is 5.75. The van der Waals surface area contributed by atoms with Crippen LogP contribution >= 0.6 is 0 Å². The molecule has 2 aromatic rings. The van der Waals surface area contributed by atoms with E-state index in [9.17, 15) is 14.4 Å². The van der Waals surface area contributed by atoms with Gasteiger partial charge in [0.15, 0.2) is 5.65 Å². The summed E-state index contributed by atoms with van der Waals surface area (Å²) in [7, 11) is 1.70. The Labute approximate surface area is 108 Å². The first-order chi connectivity index (χ1) is 8.99. The highest BCUT2D eigenvalue weighted by Gasteiger charge is 2.10. The molecule has 0 amide bonds. The number of H-pyrrole nitrogens is 1. The lowest BCUT2D eigenvalue weighted by atomic mass is 10.2. The van der Waals surface area contributed by atoms with Crippen LogP contribution in [-0.4, -0.2) is 25.1 Å². The molecule has 0 saturated heterocycles. The zero-order chi connectivity index (χ0) is 14.0. The van der Waals surface area contributed by atoms with Gasteiger partial charge in [-0.05, 0) is 19.8 Å². The van der Waals surface area contributed by atoms with Crippen LogP contribution in [-0.2, 0) is 18.4 Å². The molecule has 102 valence electrons. The largest absolute Gasteiger partial charge is 0.330 e. The molecule has 0 aliphatic carbocycles. The molecule has 2 aromatic heterocycles. The molecule has 0 radical (unpaired) electrons. The third-order valence-corrected chi connectivity index (χ3v) is 2.94. The van der Waals surface area contributed by atoms with E-state index in [2.05, 4.69) is 10.1 Å². The highest BCUT2D eigenvalue weighted by atomic mass is 16.2. The molecule has 0 unspecified atom stereocenters. The maximum atomic E-state index is 11.8. The standard InChI is InChI=1S/C12H16N4O3/c1-8(17)5-3-4-6-16-10-9(7-15(2)14-10)11(18)13-12(16)19/h7H,3-6H2,1-2H3,(H,13,18,19). The number of hydrogen-bond donors (Lipinski definition) is 1. The van der Waals surface area contributed by atoms with E-state index in [4.69, 9.17) is 0 Å². The molecular weight excluding hydrogens is 248 g/mol. The lowest BCUT2D eigenvalue weighted by Crippen LogP contribution is -2.30. The third kappa shape index (κ3) is 2.81. The van der Waals surface area contributed by atoms with E-state index < -0.39 is 11.2 Å². The summed E-state index contributed by atoms with van der Waals surface area (Å²) in [6.45, 7) is 1.99. The molecule has 7 heteroatoms. The number of ketones is 1. The average Bonchev–Trinajstić information content (AvgIpc) is 2.69. The topological polar surface area (TPSA) is 89.8 Å². The van der Waals surface area contributed by atoms with Gasteiger partial charge in [0.25, 0.3) is 5.56 Å². The van der Waals surface area contributed by atoms with Crippen LogP contribution < -0.4 is 11.2 Å². The van der Waals surface area contributed by atoms with Crippen molar-refractivity contribution in [3.05, 3.63) is 27.0 Å². The first-order valence-corrected chi connectivity index (χ1v) is 6.15. The number of carbonyl (C=O) groups excluding carboxylic acids is 1. The molecule has 0 bridgehead atoms. The van der Waals surface area contributed by atoms with Crippen molar-refractivity contribution >= 4 is 16.8 Å². The van der Waals surface area contributed by atoms with Crippen molar-refractivity contribution in [3.63, 3.8) is 0 Å². The van der Waals surface area contributed by atoms with Crippen LogP contribution in [0.4, 0.5) is 0 Å². The molecule has 0 fully saturated rings. The number of unbranched alkanes of at least 4 members (excludes halogenated alkanes) is 1. The smallest absolute Gasteiger partial charge is 0.300 e. The molecule has 0 aromatic carbocycles. The molecule has 0 saturated carbocycles. The second-order valence-electron chi connectivity index (χ2n) is 4.61. The van der Waals surface area contributed by atoms with Crippen molar-refractivity contribution in [1.29, 1.82) is 0 Å². The summed E-state index contributed by atoms with van der Waals surface area (Å²) >= 11 is 0. The molecule has 2 rings (SSSR count). The number of aromatic amines is 1. The second kappa shape index (κ2) is 5.21. The molecule has 0 aliphatic rings. The monoisotopic (exact) mass is 264 g/mol. The maximum absolute atomic E-state index is 11.8. The lowest BCUT2D eigenvalue weighted by molar-refractivity contribution is -0.117. The van der Waals surface area contributed by atoms with Gasteiger partial charge in [-0.1, -0.05) is 0 Å². The van der Waals surface area contributed by atoms with Gasteiger partial charge in [-0.25, -0.2) is 4.79 Å². The van der Waals surface area contributed by atoms with Crippen molar-refractivity contribution in [2.24, 2.45) is 7.05 Å². The Morgan fingerprint density at radius 1 is 1.37 bits per heavy atom. The predicted octanol–water partition coefficient (Wildman–Crippen LogP) is 0.183. The van der Waals surface area contributed by atoms with E-state index in [1.54, 1.807) is 20.2 Å². The number of rotatable bonds is 5. The molecule has 0 aliphatic heterocycles. The van der Waals surface area contributed by atoms with Crippen molar-refractivity contribution in [3.8, 4) is 0 Å². The van der Waals surface area contributed by atoms with Gasteiger partial charge in [0.05, 0.1) is 0 Å². The van der Waals surface area contributed by atoms with Gasteiger partial charge in [-0.3, -0.25) is 19.0 Å². The van der Waals surface area contributed by atoms with Gasteiger partial charge in [0.2, 0.25) is 0 Å². The van der Waals surface area contributed by atoms with Crippen LogP contribution in [0.3, 0.4) is 0 Å². The van der Waals surface area contributed by atoms with Crippen molar-refractivity contribution in [2.75, 3.05) is 0 Å². The highest BCUT2D eigenvalue weighted by Crippen LogP contribution is 2.06. The summed E-state index contributed by atoms with van der Waals surface area (Å²) in [4.78, 5) is 36.5. The van der Waals surface area contributed by atoms with E-state index in [-0.39, 0.29) is 5.78 Å². The van der Waals surface area contributed by atoms with E-state index in [0.29, 0.717) is 30.4 Å². The van der Waals surface area contributed by atoms with Crippen molar-refractivity contribution in [2.45, 2.75) is 32.7 Å². The van der Waals surface area contributed by atoms with E-state index >= 15 is 0 Å². The van der Waals surface area contributed by atoms with Crippen LogP contribution in [0, 0.1) is 0 Å².